The van der Waals surface area contributed by atoms with E-state index in [4.69, 9.17) is 4.74 Å². The Hall–Kier alpha value is -3.13. The molecule has 0 saturated carbocycles. The standard InChI is InChI=1S/C20H20N4O3S/c1-13(14-8-4-3-5-9-14)23-24-20-22-19(26)17(28-20)12-18(25)21-15-10-6-7-11-16(15)27-2/h3-11,17H,12H2,1-2H3,(H,21,25)(H,22,24,26)/b23-13+/t17-/m1/s1. The van der Waals surface area contributed by atoms with E-state index in [1.165, 1.54) is 18.9 Å². The zero-order valence-electron chi connectivity index (χ0n) is 15.5. The summed E-state index contributed by atoms with van der Waals surface area (Å²) in [5.74, 6) is 0.0289. The lowest BCUT2D eigenvalue weighted by molar-refractivity contribution is -0.122. The molecule has 1 atom stereocenters. The van der Waals surface area contributed by atoms with Crippen LogP contribution in [0.1, 0.15) is 18.9 Å². The molecule has 1 aliphatic rings. The molecule has 28 heavy (non-hydrogen) atoms. The molecule has 0 bridgehead atoms. The van der Waals surface area contributed by atoms with Gasteiger partial charge >= 0.3 is 0 Å². The number of para-hydroxylation sites is 2. The van der Waals surface area contributed by atoms with Crippen molar-refractivity contribution in [1.82, 2.24) is 5.32 Å². The number of amidine groups is 1. The number of benzene rings is 2. The van der Waals surface area contributed by atoms with Gasteiger partial charge in [0.15, 0.2) is 5.17 Å². The van der Waals surface area contributed by atoms with Gasteiger partial charge in [-0.25, -0.2) is 0 Å². The van der Waals surface area contributed by atoms with Crippen molar-refractivity contribution in [1.29, 1.82) is 0 Å². The van der Waals surface area contributed by atoms with Gasteiger partial charge in [-0.2, -0.15) is 5.10 Å². The van der Waals surface area contributed by atoms with E-state index in [1.807, 2.05) is 43.3 Å². The largest absolute Gasteiger partial charge is 0.495 e. The molecule has 2 aromatic rings. The summed E-state index contributed by atoms with van der Waals surface area (Å²) in [5, 5.41) is 13.5. The van der Waals surface area contributed by atoms with Gasteiger partial charge in [-0.05, 0) is 24.6 Å². The van der Waals surface area contributed by atoms with Crippen LogP contribution in [-0.4, -0.2) is 35.1 Å². The van der Waals surface area contributed by atoms with Crippen molar-refractivity contribution < 1.29 is 14.3 Å². The number of amides is 2. The van der Waals surface area contributed by atoms with Crippen molar-refractivity contribution in [2.45, 2.75) is 18.6 Å². The first-order valence-electron chi connectivity index (χ1n) is 8.65. The molecule has 0 aromatic heterocycles. The van der Waals surface area contributed by atoms with Gasteiger partial charge in [0.05, 0.1) is 18.5 Å². The quantitative estimate of drug-likeness (QED) is 0.580. The normalized spacial score (nSPS) is 18.1. The second kappa shape index (κ2) is 9.18. The number of carbonyl (C=O) groups is 2. The Kier molecular flexibility index (Phi) is 6.44. The van der Waals surface area contributed by atoms with Crippen molar-refractivity contribution >= 4 is 40.1 Å². The van der Waals surface area contributed by atoms with Crippen LogP contribution in [-0.2, 0) is 9.59 Å². The Labute approximate surface area is 167 Å². The summed E-state index contributed by atoms with van der Waals surface area (Å²) in [6.07, 6.45) is 0.0228. The van der Waals surface area contributed by atoms with E-state index < -0.39 is 5.25 Å². The molecule has 0 unspecified atom stereocenters. The average molecular weight is 396 g/mol. The SMILES string of the molecule is COc1ccccc1NC(=O)C[C@H]1S/C(=N/N=C(\C)c2ccccc2)NC1=O. The van der Waals surface area contributed by atoms with E-state index in [-0.39, 0.29) is 18.2 Å². The molecular formula is C20H20N4O3S. The first-order valence-corrected chi connectivity index (χ1v) is 9.53. The number of thioether (sulfide) groups is 1. The highest BCUT2D eigenvalue weighted by Crippen LogP contribution is 2.26. The van der Waals surface area contributed by atoms with E-state index in [0.29, 0.717) is 16.6 Å². The van der Waals surface area contributed by atoms with Crippen molar-refractivity contribution in [3.63, 3.8) is 0 Å². The van der Waals surface area contributed by atoms with Crippen molar-refractivity contribution in [2.24, 2.45) is 10.2 Å². The first kappa shape index (κ1) is 19.6. The van der Waals surface area contributed by atoms with Gasteiger partial charge in [0.2, 0.25) is 11.8 Å². The molecule has 2 amide bonds. The fraction of sp³-hybridized carbons (Fsp3) is 0.200. The van der Waals surface area contributed by atoms with Gasteiger partial charge in [0, 0.05) is 6.42 Å². The minimum Gasteiger partial charge on any atom is -0.495 e. The maximum Gasteiger partial charge on any atom is 0.240 e. The molecule has 0 aliphatic carbocycles. The molecular weight excluding hydrogens is 376 g/mol. The number of nitrogens with zero attached hydrogens (tertiary/aromatic N) is 2. The molecule has 1 fully saturated rings. The fourth-order valence-electron chi connectivity index (χ4n) is 2.56. The van der Waals surface area contributed by atoms with Crippen LogP contribution in [0.5, 0.6) is 5.75 Å². The minimum absolute atomic E-state index is 0.0228. The summed E-state index contributed by atoms with van der Waals surface area (Å²) in [6.45, 7) is 1.85. The van der Waals surface area contributed by atoms with Crippen molar-refractivity contribution in [2.75, 3.05) is 12.4 Å². The van der Waals surface area contributed by atoms with Crippen LogP contribution < -0.4 is 15.4 Å². The highest BCUT2D eigenvalue weighted by Gasteiger charge is 2.32. The number of rotatable bonds is 6. The first-order chi connectivity index (χ1) is 13.6. The summed E-state index contributed by atoms with van der Waals surface area (Å²) < 4.78 is 5.21. The third-order valence-electron chi connectivity index (χ3n) is 4.01. The fourth-order valence-corrected chi connectivity index (χ4v) is 3.48. The molecule has 2 N–H and O–H groups in total. The van der Waals surface area contributed by atoms with Gasteiger partial charge < -0.3 is 15.4 Å². The summed E-state index contributed by atoms with van der Waals surface area (Å²) in [7, 11) is 1.53. The van der Waals surface area contributed by atoms with Crippen molar-refractivity contribution in [3.05, 3.63) is 60.2 Å². The Morgan fingerprint density at radius 1 is 1.18 bits per heavy atom. The van der Waals surface area contributed by atoms with Gasteiger partial charge in [0.1, 0.15) is 11.0 Å². The van der Waals surface area contributed by atoms with Crippen LogP contribution in [0.15, 0.2) is 64.8 Å². The van der Waals surface area contributed by atoms with E-state index >= 15 is 0 Å². The smallest absolute Gasteiger partial charge is 0.240 e. The van der Waals surface area contributed by atoms with E-state index in [1.54, 1.807) is 18.2 Å². The number of nitrogens with one attached hydrogen (secondary N) is 2. The molecule has 0 spiro atoms. The molecule has 144 valence electrons. The average Bonchev–Trinajstić information content (AvgIpc) is 3.06. The van der Waals surface area contributed by atoms with Crippen LogP contribution in [0.25, 0.3) is 0 Å². The Bertz CT molecular complexity index is 928. The van der Waals surface area contributed by atoms with Crippen LogP contribution in [0.4, 0.5) is 5.69 Å². The van der Waals surface area contributed by atoms with Gasteiger partial charge in [-0.15, -0.1) is 5.10 Å². The molecule has 2 aromatic carbocycles. The van der Waals surface area contributed by atoms with Crippen LogP contribution in [0, 0.1) is 0 Å². The van der Waals surface area contributed by atoms with E-state index in [2.05, 4.69) is 20.8 Å². The summed E-state index contributed by atoms with van der Waals surface area (Å²) in [6, 6.07) is 16.7. The Balaban J connectivity index is 1.60. The Morgan fingerprint density at radius 2 is 1.89 bits per heavy atom. The predicted molar refractivity (Wildman–Crippen MR) is 112 cm³/mol. The number of anilines is 1. The topological polar surface area (TPSA) is 92.2 Å². The monoisotopic (exact) mass is 396 g/mol. The lowest BCUT2D eigenvalue weighted by atomic mass is 10.1. The zero-order chi connectivity index (χ0) is 19.9. The number of ether oxygens (including phenoxy) is 1. The highest BCUT2D eigenvalue weighted by atomic mass is 32.2. The van der Waals surface area contributed by atoms with Gasteiger partial charge in [-0.3, -0.25) is 9.59 Å². The number of carbonyl (C=O) groups excluding carboxylic acids is 2. The van der Waals surface area contributed by atoms with E-state index in [0.717, 1.165) is 11.3 Å². The number of hydrogen-bond donors (Lipinski definition) is 2. The molecule has 7 nitrogen and oxygen atoms in total. The maximum atomic E-state index is 12.3. The minimum atomic E-state index is -0.555. The molecule has 1 saturated heterocycles. The second-order valence-electron chi connectivity index (χ2n) is 6.00. The van der Waals surface area contributed by atoms with Crippen LogP contribution >= 0.6 is 11.8 Å². The highest BCUT2D eigenvalue weighted by molar-refractivity contribution is 8.15. The third kappa shape index (κ3) is 4.98. The summed E-state index contributed by atoms with van der Waals surface area (Å²) in [4.78, 5) is 24.5. The Morgan fingerprint density at radius 3 is 2.64 bits per heavy atom. The van der Waals surface area contributed by atoms with Gasteiger partial charge in [0.25, 0.3) is 0 Å². The van der Waals surface area contributed by atoms with Crippen LogP contribution in [0.3, 0.4) is 0 Å². The summed E-state index contributed by atoms with van der Waals surface area (Å²) >= 11 is 1.19. The molecule has 1 aliphatic heterocycles. The van der Waals surface area contributed by atoms with Gasteiger partial charge in [-0.1, -0.05) is 54.2 Å². The maximum absolute atomic E-state index is 12.3. The van der Waals surface area contributed by atoms with Crippen LogP contribution in [0.2, 0.25) is 0 Å². The van der Waals surface area contributed by atoms with Crippen molar-refractivity contribution in [3.8, 4) is 5.75 Å². The predicted octanol–water partition coefficient (Wildman–Crippen LogP) is 3.04. The lowest BCUT2D eigenvalue weighted by Crippen LogP contribution is -2.28. The molecule has 8 heteroatoms. The number of hydrogen-bond acceptors (Lipinski definition) is 6. The zero-order valence-corrected chi connectivity index (χ0v) is 16.3. The molecule has 0 radical (unpaired) electrons. The third-order valence-corrected chi connectivity index (χ3v) is 5.08. The lowest BCUT2D eigenvalue weighted by Gasteiger charge is -2.10. The van der Waals surface area contributed by atoms with E-state index in [9.17, 15) is 9.59 Å². The molecule has 1 heterocycles. The number of methoxy groups -OCH3 is 1. The molecule has 3 rings (SSSR count). The summed E-state index contributed by atoms with van der Waals surface area (Å²) in [5.41, 5.74) is 2.25. The second-order valence-corrected chi connectivity index (χ2v) is 7.20.